The van der Waals surface area contributed by atoms with Crippen molar-refractivity contribution < 1.29 is 4.79 Å². The van der Waals surface area contributed by atoms with Gasteiger partial charge in [0.25, 0.3) is 0 Å². The minimum absolute atomic E-state index is 0. The average molecular weight is 479 g/mol. The summed E-state index contributed by atoms with van der Waals surface area (Å²) in [5, 5.41) is 10.6. The third-order valence-electron chi connectivity index (χ3n) is 4.20. The first-order chi connectivity index (χ1) is 11.7. The normalized spacial score (nSPS) is 15.4. The Kier molecular flexibility index (Phi) is 11.0. The highest BCUT2D eigenvalue weighted by molar-refractivity contribution is 14.0. The van der Waals surface area contributed by atoms with Gasteiger partial charge in [-0.2, -0.15) is 0 Å². The molecule has 8 heteroatoms. The van der Waals surface area contributed by atoms with Gasteiger partial charge in [-0.25, -0.2) is 4.98 Å². The Balaban J connectivity index is 0.00000312. The highest BCUT2D eigenvalue weighted by atomic mass is 127. The van der Waals surface area contributed by atoms with Crippen molar-refractivity contribution in [1.29, 1.82) is 0 Å². The van der Waals surface area contributed by atoms with Crippen LogP contribution in [0.15, 0.2) is 11.2 Å². The average Bonchev–Trinajstić information content (AvgIpc) is 3.07. The van der Waals surface area contributed by atoms with Crippen molar-refractivity contribution in [2.45, 2.75) is 64.5 Å². The van der Waals surface area contributed by atoms with Crippen LogP contribution in [0.1, 0.15) is 55.3 Å². The van der Waals surface area contributed by atoms with E-state index in [9.17, 15) is 4.79 Å². The number of aromatic nitrogens is 1. The Morgan fingerprint density at radius 1 is 1.32 bits per heavy atom. The number of guanidine groups is 1. The molecule has 0 radical (unpaired) electrons. The smallest absolute Gasteiger partial charge is 0.221 e. The quantitative estimate of drug-likeness (QED) is 0.319. The van der Waals surface area contributed by atoms with E-state index in [2.05, 4.69) is 32.9 Å². The molecule has 0 unspecified atom stereocenters. The van der Waals surface area contributed by atoms with E-state index in [0.717, 1.165) is 24.3 Å². The maximum atomic E-state index is 12.0. The van der Waals surface area contributed by atoms with E-state index in [-0.39, 0.29) is 29.9 Å². The molecule has 142 valence electrons. The molecule has 25 heavy (non-hydrogen) atoms. The zero-order valence-electron chi connectivity index (χ0n) is 15.1. The zero-order chi connectivity index (χ0) is 17.2. The van der Waals surface area contributed by atoms with Crippen LogP contribution in [0.2, 0.25) is 0 Å². The van der Waals surface area contributed by atoms with E-state index in [1.54, 1.807) is 18.4 Å². The second kappa shape index (κ2) is 12.5. The number of hydrogen-bond acceptors (Lipinski definition) is 4. The number of thiazole rings is 1. The van der Waals surface area contributed by atoms with Crippen molar-refractivity contribution in [3.63, 3.8) is 0 Å². The molecule has 0 saturated heterocycles. The largest absolute Gasteiger partial charge is 0.356 e. The van der Waals surface area contributed by atoms with Gasteiger partial charge < -0.3 is 16.0 Å². The van der Waals surface area contributed by atoms with E-state index in [4.69, 9.17) is 0 Å². The molecule has 3 N–H and O–H groups in total. The topological polar surface area (TPSA) is 78.4 Å². The fraction of sp³-hybridized carbons (Fsp3) is 0.706. The number of nitrogens with zero attached hydrogens (tertiary/aromatic N) is 2. The Hall–Kier alpha value is -0.900. The third kappa shape index (κ3) is 8.35. The summed E-state index contributed by atoms with van der Waals surface area (Å²) in [4.78, 5) is 21.8. The molecule has 1 aliphatic carbocycles. The summed E-state index contributed by atoms with van der Waals surface area (Å²) in [7, 11) is 1.73. The van der Waals surface area contributed by atoms with Gasteiger partial charge in [-0.05, 0) is 19.3 Å². The van der Waals surface area contributed by atoms with Gasteiger partial charge in [-0.1, -0.05) is 26.2 Å². The van der Waals surface area contributed by atoms with Gasteiger partial charge in [0, 0.05) is 37.1 Å². The van der Waals surface area contributed by atoms with E-state index < -0.39 is 0 Å². The molecule has 2 rings (SSSR count). The predicted octanol–water partition coefficient (Wildman–Crippen LogP) is 2.83. The molecule has 1 aliphatic rings. The molecule has 6 nitrogen and oxygen atoms in total. The summed E-state index contributed by atoms with van der Waals surface area (Å²) in [5.41, 5.74) is 0. The van der Waals surface area contributed by atoms with Crippen LogP contribution in [0.3, 0.4) is 0 Å². The lowest BCUT2D eigenvalue weighted by molar-refractivity contribution is -0.121. The Morgan fingerprint density at radius 2 is 2.08 bits per heavy atom. The molecule has 1 aromatic rings. The number of halogens is 1. The van der Waals surface area contributed by atoms with Crippen molar-refractivity contribution in [2.75, 3.05) is 13.6 Å². The summed E-state index contributed by atoms with van der Waals surface area (Å²) < 4.78 is 0. The number of rotatable bonds is 7. The zero-order valence-corrected chi connectivity index (χ0v) is 18.3. The summed E-state index contributed by atoms with van der Waals surface area (Å²) in [6.07, 6.45) is 9.41. The van der Waals surface area contributed by atoms with E-state index in [1.807, 2.05) is 6.20 Å². The lowest BCUT2D eigenvalue weighted by atomic mass is 9.95. The first-order valence-corrected chi connectivity index (χ1v) is 9.70. The lowest BCUT2D eigenvalue weighted by Gasteiger charge is -2.22. The van der Waals surface area contributed by atoms with Crippen LogP contribution in [0.25, 0.3) is 0 Å². The second-order valence-electron chi connectivity index (χ2n) is 6.08. The minimum atomic E-state index is 0. The molecule has 0 atom stereocenters. The van der Waals surface area contributed by atoms with Crippen LogP contribution < -0.4 is 16.0 Å². The highest BCUT2D eigenvalue weighted by Crippen LogP contribution is 2.17. The number of aliphatic imine (C=N–C) groups is 1. The van der Waals surface area contributed by atoms with Crippen molar-refractivity contribution in [3.05, 3.63) is 16.1 Å². The molecule has 0 aliphatic heterocycles. The number of aryl methyl sites for hydroxylation is 1. The highest BCUT2D eigenvalue weighted by Gasteiger charge is 2.15. The van der Waals surface area contributed by atoms with Crippen LogP contribution in [0, 0.1) is 0 Å². The SMILES string of the molecule is CCc1cnc(CNC(=NC)NCCC(=O)NC2CCCCC2)s1.I. The van der Waals surface area contributed by atoms with E-state index in [1.165, 1.54) is 24.1 Å². The van der Waals surface area contributed by atoms with Gasteiger partial charge in [0.1, 0.15) is 5.01 Å². The Labute approximate surface area is 171 Å². The van der Waals surface area contributed by atoms with E-state index >= 15 is 0 Å². The van der Waals surface area contributed by atoms with Crippen molar-refractivity contribution in [2.24, 2.45) is 4.99 Å². The fourth-order valence-electron chi connectivity index (χ4n) is 2.81. The van der Waals surface area contributed by atoms with Crippen LogP contribution in [0.5, 0.6) is 0 Å². The molecule has 0 aromatic carbocycles. The monoisotopic (exact) mass is 479 g/mol. The number of hydrogen-bond donors (Lipinski definition) is 3. The van der Waals surface area contributed by atoms with Gasteiger partial charge in [0.2, 0.25) is 5.91 Å². The van der Waals surface area contributed by atoms with Crippen LogP contribution in [-0.2, 0) is 17.8 Å². The van der Waals surface area contributed by atoms with Crippen molar-refractivity contribution >= 4 is 47.2 Å². The Bertz CT molecular complexity index is 543. The maximum absolute atomic E-state index is 12.0. The fourth-order valence-corrected chi connectivity index (χ4v) is 3.62. The first-order valence-electron chi connectivity index (χ1n) is 8.88. The minimum Gasteiger partial charge on any atom is -0.356 e. The molecule has 1 fully saturated rings. The number of nitrogens with one attached hydrogen (secondary N) is 3. The van der Waals surface area contributed by atoms with Crippen LogP contribution >= 0.6 is 35.3 Å². The molecule has 1 aromatic heterocycles. The van der Waals surface area contributed by atoms with Gasteiger partial charge in [-0.15, -0.1) is 35.3 Å². The molecule has 0 bridgehead atoms. The maximum Gasteiger partial charge on any atom is 0.221 e. The van der Waals surface area contributed by atoms with Gasteiger partial charge in [0.05, 0.1) is 6.54 Å². The van der Waals surface area contributed by atoms with Crippen molar-refractivity contribution in [1.82, 2.24) is 20.9 Å². The summed E-state index contributed by atoms with van der Waals surface area (Å²) >= 11 is 1.71. The number of carbonyl (C=O) groups excluding carboxylic acids is 1. The Morgan fingerprint density at radius 3 is 2.72 bits per heavy atom. The molecule has 1 amide bonds. The third-order valence-corrected chi connectivity index (χ3v) is 5.34. The van der Waals surface area contributed by atoms with E-state index in [0.29, 0.717) is 31.5 Å². The first kappa shape index (κ1) is 22.1. The molecule has 1 heterocycles. The lowest BCUT2D eigenvalue weighted by Crippen LogP contribution is -2.41. The molecular formula is C17H30IN5OS. The molecule has 1 saturated carbocycles. The molecule has 0 spiro atoms. The number of amides is 1. The standard InChI is InChI=1S/C17H29N5OS.HI/c1-3-14-11-20-16(24-14)12-21-17(18-2)19-10-9-15(23)22-13-7-5-4-6-8-13;/h11,13H,3-10,12H2,1-2H3,(H,22,23)(H2,18,19,21);1H. The van der Waals surface area contributed by atoms with Crippen LogP contribution in [0.4, 0.5) is 0 Å². The second-order valence-corrected chi connectivity index (χ2v) is 7.28. The number of carbonyl (C=O) groups is 1. The summed E-state index contributed by atoms with van der Waals surface area (Å²) in [5.74, 6) is 0.825. The molecular weight excluding hydrogens is 449 g/mol. The van der Waals surface area contributed by atoms with Crippen molar-refractivity contribution in [3.8, 4) is 0 Å². The van der Waals surface area contributed by atoms with Gasteiger partial charge in [-0.3, -0.25) is 9.79 Å². The summed E-state index contributed by atoms with van der Waals surface area (Å²) in [6.45, 7) is 3.36. The summed E-state index contributed by atoms with van der Waals surface area (Å²) in [6, 6.07) is 0.376. The van der Waals surface area contributed by atoms with Crippen LogP contribution in [-0.4, -0.2) is 36.5 Å². The van der Waals surface area contributed by atoms with Gasteiger partial charge in [0.15, 0.2) is 5.96 Å². The predicted molar refractivity (Wildman–Crippen MR) is 115 cm³/mol. The van der Waals surface area contributed by atoms with Gasteiger partial charge >= 0.3 is 0 Å².